The molecular formula is C27H27FN4O5S. The molecule has 0 amide bonds. The minimum absolute atomic E-state index is 0.0255. The van der Waals surface area contributed by atoms with E-state index in [0.717, 1.165) is 16.6 Å². The van der Waals surface area contributed by atoms with Gasteiger partial charge in [-0.15, -0.1) is 5.10 Å². The lowest BCUT2D eigenvalue weighted by Crippen LogP contribution is -2.35. The van der Waals surface area contributed by atoms with Crippen molar-refractivity contribution in [1.82, 2.24) is 19.3 Å². The Labute approximate surface area is 219 Å². The summed E-state index contributed by atoms with van der Waals surface area (Å²) in [6, 6.07) is 14.4. The van der Waals surface area contributed by atoms with Gasteiger partial charge in [0.25, 0.3) is 0 Å². The minimum atomic E-state index is -3.97. The molecule has 0 fully saturated rings. The molecule has 3 aromatic carbocycles. The van der Waals surface area contributed by atoms with Crippen LogP contribution < -0.4 is 4.74 Å². The fourth-order valence-electron chi connectivity index (χ4n) is 5.02. The van der Waals surface area contributed by atoms with Crippen molar-refractivity contribution in [3.05, 3.63) is 82.7 Å². The predicted octanol–water partition coefficient (Wildman–Crippen LogP) is 3.99. The third kappa shape index (κ3) is 4.63. The van der Waals surface area contributed by atoms with E-state index in [1.54, 1.807) is 49.0 Å². The lowest BCUT2D eigenvalue weighted by molar-refractivity contribution is -0.137. The van der Waals surface area contributed by atoms with E-state index in [1.165, 1.54) is 16.4 Å². The summed E-state index contributed by atoms with van der Waals surface area (Å²) < 4.78 is 50.7. The van der Waals surface area contributed by atoms with Crippen LogP contribution >= 0.6 is 0 Å². The second-order valence-electron chi connectivity index (χ2n) is 9.53. The molecule has 1 N–H and O–H groups in total. The molecule has 2 atom stereocenters. The Morgan fingerprint density at radius 2 is 1.97 bits per heavy atom. The number of aliphatic carboxylic acids is 1. The maximum Gasteiger partial charge on any atom is 0.304 e. The number of hydrogen-bond acceptors (Lipinski definition) is 6. The van der Waals surface area contributed by atoms with Crippen LogP contribution in [0.5, 0.6) is 5.75 Å². The number of carboxylic acids is 1. The fraction of sp³-hybridized carbons (Fsp3) is 0.296. The number of benzene rings is 3. The van der Waals surface area contributed by atoms with Gasteiger partial charge in [-0.25, -0.2) is 17.5 Å². The highest BCUT2D eigenvalue weighted by Gasteiger charge is 2.34. The van der Waals surface area contributed by atoms with Crippen molar-refractivity contribution in [3.8, 4) is 5.75 Å². The molecule has 0 aliphatic carbocycles. The molecule has 11 heteroatoms. The quantitative estimate of drug-likeness (QED) is 0.395. The molecule has 4 aromatic rings. The molecule has 0 spiro atoms. The van der Waals surface area contributed by atoms with Crippen molar-refractivity contribution in [2.24, 2.45) is 7.05 Å². The molecule has 2 heterocycles. The molecule has 38 heavy (non-hydrogen) atoms. The van der Waals surface area contributed by atoms with Crippen molar-refractivity contribution in [3.63, 3.8) is 0 Å². The molecule has 0 saturated heterocycles. The van der Waals surface area contributed by atoms with Crippen LogP contribution in [0.1, 0.15) is 41.5 Å². The normalized spacial score (nSPS) is 17.9. The summed E-state index contributed by atoms with van der Waals surface area (Å²) in [6.07, 6.45) is -0.696. The Bertz CT molecular complexity index is 1650. The van der Waals surface area contributed by atoms with Crippen LogP contribution in [-0.2, 0) is 28.4 Å². The number of aryl methyl sites for hydroxylation is 2. The van der Waals surface area contributed by atoms with Gasteiger partial charge in [0.1, 0.15) is 28.1 Å². The van der Waals surface area contributed by atoms with E-state index in [2.05, 4.69) is 10.3 Å². The summed E-state index contributed by atoms with van der Waals surface area (Å²) in [5.41, 5.74) is 3.69. The van der Waals surface area contributed by atoms with Gasteiger partial charge >= 0.3 is 5.97 Å². The van der Waals surface area contributed by atoms with Crippen molar-refractivity contribution in [2.45, 2.75) is 43.7 Å². The number of carbonyl (C=O) groups is 1. The average molecular weight is 539 g/mol. The standard InChI is InChI=1S/C27H27FN4O5S/c1-16-14-32(38(35,36)25-7-5-4-6-24(25)37-16)15-19-12-18(8-10-22(19)28)21(13-26(33)34)20-9-11-23-27(17(20)2)29-30-31(23)3/h4-12,16,21H,13-15H2,1-3H3,(H,33,34)/t16-,21?/m1/s1. The summed E-state index contributed by atoms with van der Waals surface area (Å²) in [5.74, 6) is -1.95. The van der Waals surface area contributed by atoms with Gasteiger partial charge in [-0.3, -0.25) is 4.79 Å². The van der Waals surface area contributed by atoms with Gasteiger partial charge in [0, 0.05) is 25.1 Å². The van der Waals surface area contributed by atoms with E-state index < -0.39 is 33.8 Å². The van der Waals surface area contributed by atoms with Gasteiger partial charge in [0.05, 0.1) is 18.5 Å². The largest absolute Gasteiger partial charge is 0.488 e. The number of ether oxygens (including phenoxy) is 1. The highest BCUT2D eigenvalue weighted by molar-refractivity contribution is 7.89. The average Bonchev–Trinajstić information content (AvgIpc) is 3.21. The number of halogens is 1. The SMILES string of the molecule is Cc1c(C(CC(=O)O)c2ccc(F)c(CN3C[C@@H](C)Oc4ccccc4S3(=O)=O)c2)ccc2c1nnn2C. The lowest BCUT2D eigenvalue weighted by atomic mass is 9.85. The molecule has 1 aliphatic heterocycles. The third-order valence-corrected chi connectivity index (χ3v) is 8.76. The molecule has 0 bridgehead atoms. The molecule has 1 aromatic heterocycles. The zero-order valence-corrected chi connectivity index (χ0v) is 21.9. The minimum Gasteiger partial charge on any atom is -0.488 e. The van der Waals surface area contributed by atoms with Gasteiger partial charge in [-0.2, -0.15) is 4.31 Å². The number of para-hydroxylation sites is 1. The first kappa shape index (κ1) is 25.8. The van der Waals surface area contributed by atoms with Crippen LogP contribution in [0, 0.1) is 12.7 Å². The highest BCUT2D eigenvalue weighted by Crippen LogP contribution is 2.36. The summed E-state index contributed by atoms with van der Waals surface area (Å²) in [4.78, 5) is 11.9. The van der Waals surface area contributed by atoms with Crippen molar-refractivity contribution in [2.75, 3.05) is 6.54 Å². The summed E-state index contributed by atoms with van der Waals surface area (Å²) >= 11 is 0. The molecule has 9 nitrogen and oxygen atoms in total. The summed E-state index contributed by atoms with van der Waals surface area (Å²) in [5, 5.41) is 18.0. The van der Waals surface area contributed by atoms with E-state index in [1.807, 2.05) is 19.1 Å². The van der Waals surface area contributed by atoms with Gasteiger partial charge in [-0.05, 0) is 54.8 Å². The first-order chi connectivity index (χ1) is 18.1. The topological polar surface area (TPSA) is 115 Å². The summed E-state index contributed by atoms with van der Waals surface area (Å²) in [7, 11) is -2.20. The van der Waals surface area contributed by atoms with Gasteiger partial charge < -0.3 is 9.84 Å². The molecule has 5 rings (SSSR count). The van der Waals surface area contributed by atoms with Crippen molar-refractivity contribution in [1.29, 1.82) is 0 Å². The number of fused-ring (bicyclic) bond motifs is 2. The maximum absolute atomic E-state index is 15.1. The predicted molar refractivity (Wildman–Crippen MR) is 138 cm³/mol. The zero-order valence-electron chi connectivity index (χ0n) is 21.1. The smallest absolute Gasteiger partial charge is 0.304 e. The van der Waals surface area contributed by atoms with Crippen molar-refractivity contribution < 1.29 is 27.4 Å². The van der Waals surface area contributed by atoms with Crippen molar-refractivity contribution >= 4 is 27.0 Å². The number of hydrogen-bond donors (Lipinski definition) is 1. The summed E-state index contributed by atoms with van der Waals surface area (Å²) in [6.45, 7) is 3.41. The van der Waals surface area contributed by atoms with Crippen LogP contribution in [0.4, 0.5) is 4.39 Å². The van der Waals surface area contributed by atoms with Gasteiger partial charge in [0.2, 0.25) is 10.0 Å². The molecule has 1 aliphatic rings. The first-order valence-electron chi connectivity index (χ1n) is 12.1. The monoisotopic (exact) mass is 538 g/mol. The Hall–Kier alpha value is -3.83. The Morgan fingerprint density at radius 3 is 2.74 bits per heavy atom. The number of carboxylic acid groups (broad SMARTS) is 1. The second kappa shape index (κ2) is 9.80. The maximum atomic E-state index is 15.1. The van der Waals surface area contributed by atoms with Gasteiger partial charge in [-0.1, -0.05) is 35.5 Å². The lowest BCUT2D eigenvalue weighted by Gasteiger charge is -2.23. The first-order valence-corrected chi connectivity index (χ1v) is 13.5. The Balaban J connectivity index is 1.56. The van der Waals surface area contributed by atoms with E-state index in [4.69, 9.17) is 4.74 Å². The molecule has 0 radical (unpaired) electrons. The van der Waals surface area contributed by atoms with E-state index >= 15 is 4.39 Å². The molecule has 198 valence electrons. The van der Waals surface area contributed by atoms with Crippen LogP contribution in [0.25, 0.3) is 11.0 Å². The zero-order chi connectivity index (χ0) is 27.2. The van der Waals surface area contributed by atoms with Gasteiger partial charge in [0.15, 0.2) is 0 Å². The van der Waals surface area contributed by atoms with Crippen LogP contribution in [-0.4, -0.2) is 51.4 Å². The Kier molecular flexibility index (Phi) is 6.66. The molecular weight excluding hydrogens is 511 g/mol. The molecule has 1 unspecified atom stereocenters. The van der Waals surface area contributed by atoms with Crippen LogP contribution in [0.15, 0.2) is 59.5 Å². The third-order valence-electron chi connectivity index (χ3n) is 6.91. The highest BCUT2D eigenvalue weighted by atomic mass is 32.2. The van der Waals surface area contributed by atoms with Crippen LogP contribution in [0.2, 0.25) is 0 Å². The van der Waals surface area contributed by atoms with E-state index in [9.17, 15) is 18.3 Å². The van der Waals surface area contributed by atoms with E-state index in [-0.39, 0.29) is 35.7 Å². The Morgan fingerprint density at radius 1 is 1.21 bits per heavy atom. The number of rotatable bonds is 6. The van der Waals surface area contributed by atoms with E-state index in [0.29, 0.717) is 11.1 Å². The number of nitrogens with zero attached hydrogens (tertiary/aromatic N) is 4. The molecule has 0 saturated carbocycles. The fourth-order valence-corrected chi connectivity index (χ4v) is 6.63. The number of aromatic nitrogens is 3. The second-order valence-corrected chi connectivity index (χ2v) is 11.4. The number of sulfonamides is 1. The van der Waals surface area contributed by atoms with Crippen LogP contribution in [0.3, 0.4) is 0 Å².